The average Bonchev–Trinajstić information content (AvgIpc) is 3.26. The molecule has 0 aromatic heterocycles. The van der Waals surface area contributed by atoms with Crippen molar-refractivity contribution in [1.82, 2.24) is 21.3 Å². The van der Waals surface area contributed by atoms with Crippen LogP contribution in [0, 0.1) is 0 Å². The number of amides is 3. The minimum absolute atomic E-state index is 0.227. The molecule has 1 saturated heterocycles. The number of aliphatic hydroxyl groups is 1. The van der Waals surface area contributed by atoms with E-state index in [-0.39, 0.29) is 18.4 Å². The lowest BCUT2D eigenvalue weighted by atomic mass is 10.0. The molecule has 3 amide bonds. The Hall–Kier alpha value is -2.98. The van der Waals surface area contributed by atoms with E-state index in [1.165, 1.54) is 13.8 Å². The Kier molecular flexibility index (Phi) is 8.95. The van der Waals surface area contributed by atoms with Gasteiger partial charge in [-0.15, -0.1) is 0 Å². The van der Waals surface area contributed by atoms with Crippen LogP contribution in [0.2, 0.25) is 0 Å². The summed E-state index contributed by atoms with van der Waals surface area (Å²) < 4.78 is 0. The molecule has 10 nitrogen and oxygen atoms in total. The second-order valence-electron chi connectivity index (χ2n) is 7.70. The van der Waals surface area contributed by atoms with Crippen LogP contribution >= 0.6 is 0 Å². The van der Waals surface area contributed by atoms with Crippen molar-refractivity contribution < 1.29 is 29.4 Å². The van der Waals surface area contributed by atoms with Crippen LogP contribution in [0.15, 0.2) is 30.3 Å². The van der Waals surface area contributed by atoms with E-state index >= 15 is 0 Å². The Bertz CT molecular complexity index is 779. The van der Waals surface area contributed by atoms with E-state index in [4.69, 9.17) is 5.11 Å². The fraction of sp³-hybridized carbons (Fsp3) is 0.524. The molecule has 0 bridgehead atoms. The number of hydrogen-bond acceptors (Lipinski definition) is 6. The maximum absolute atomic E-state index is 12.9. The molecule has 5 atom stereocenters. The predicted octanol–water partition coefficient (Wildman–Crippen LogP) is -1.08. The Morgan fingerprint density at radius 3 is 2.29 bits per heavy atom. The molecule has 1 aliphatic rings. The van der Waals surface area contributed by atoms with E-state index in [1.807, 2.05) is 30.3 Å². The van der Waals surface area contributed by atoms with Gasteiger partial charge in [0.25, 0.3) is 0 Å². The van der Waals surface area contributed by atoms with Gasteiger partial charge in [-0.1, -0.05) is 30.3 Å². The molecule has 1 fully saturated rings. The smallest absolute Gasteiger partial charge is 0.328 e. The third-order valence-corrected chi connectivity index (χ3v) is 5.09. The number of benzene rings is 1. The predicted molar refractivity (Wildman–Crippen MR) is 112 cm³/mol. The van der Waals surface area contributed by atoms with Gasteiger partial charge in [0.2, 0.25) is 17.7 Å². The van der Waals surface area contributed by atoms with Gasteiger partial charge in [0.05, 0.1) is 12.1 Å². The van der Waals surface area contributed by atoms with E-state index in [0.29, 0.717) is 6.42 Å². The first-order valence-electron chi connectivity index (χ1n) is 10.3. The number of carboxylic acid groups (broad SMARTS) is 1. The number of aliphatic carboxylic acids is 1. The molecular formula is C21H30N4O6. The molecule has 170 valence electrons. The lowest BCUT2D eigenvalue weighted by molar-refractivity contribution is -0.145. The molecule has 1 heterocycles. The quantitative estimate of drug-likeness (QED) is 0.273. The Balaban J connectivity index is 2.05. The van der Waals surface area contributed by atoms with Crippen LogP contribution in [0.1, 0.15) is 32.3 Å². The summed E-state index contributed by atoms with van der Waals surface area (Å²) in [6, 6.07) is 5.28. The summed E-state index contributed by atoms with van der Waals surface area (Å²) in [6.07, 6.45) is 0.470. The van der Waals surface area contributed by atoms with Crippen LogP contribution in [0.25, 0.3) is 0 Å². The first-order valence-corrected chi connectivity index (χ1v) is 10.3. The lowest BCUT2D eigenvalue weighted by Gasteiger charge is -2.24. The first-order chi connectivity index (χ1) is 14.7. The summed E-state index contributed by atoms with van der Waals surface area (Å²) in [5, 5.41) is 29.2. The molecule has 0 spiro atoms. The highest BCUT2D eigenvalue weighted by molar-refractivity contribution is 5.94. The summed E-state index contributed by atoms with van der Waals surface area (Å²) in [5.74, 6) is -3.00. The summed E-state index contributed by atoms with van der Waals surface area (Å²) in [4.78, 5) is 48.9. The SMILES string of the molecule is CC(NC(=O)C(Cc1ccccc1)NC(=O)C1CCCN1)C(=O)NC(C(=O)O)C(C)O. The van der Waals surface area contributed by atoms with Crippen molar-refractivity contribution in [2.24, 2.45) is 0 Å². The summed E-state index contributed by atoms with van der Waals surface area (Å²) >= 11 is 0. The standard InChI is InChI=1S/C21H30N4O6/c1-12(18(27)25-17(13(2)26)21(30)31)23-20(29)16(11-14-7-4-3-5-8-14)24-19(28)15-9-6-10-22-15/h3-5,7-8,12-13,15-17,22,26H,6,9-11H2,1-2H3,(H,23,29)(H,24,28)(H,25,27)(H,30,31). The zero-order valence-electron chi connectivity index (χ0n) is 17.6. The van der Waals surface area contributed by atoms with Gasteiger partial charge in [0.15, 0.2) is 6.04 Å². The maximum Gasteiger partial charge on any atom is 0.328 e. The molecule has 0 radical (unpaired) electrons. The van der Waals surface area contributed by atoms with Crippen LogP contribution < -0.4 is 21.3 Å². The van der Waals surface area contributed by atoms with Crippen molar-refractivity contribution in [3.8, 4) is 0 Å². The normalized spacial score (nSPS) is 19.5. The Morgan fingerprint density at radius 1 is 1.06 bits per heavy atom. The van der Waals surface area contributed by atoms with E-state index in [1.54, 1.807) is 0 Å². The maximum atomic E-state index is 12.9. The number of rotatable bonds is 10. The summed E-state index contributed by atoms with van der Waals surface area (Å²) in [5.41, 5.74) is 0.833. The van der Waals surface area contributed by atoms with E-state index in [2.05, 4.69) is 21.3 Å². The van der Waals surface area contributed by atoms with Gasteiger partial charge in [-0.2, -0.15) is 0 Å². The fourth-order valence-corrected chi connectivity index (χ4v) is 3.29. The molecule has 2 rings (SSSR count). The largest absolute Gasteiger partial charge is 0.480 e. The van der Waals surface area contributed by atoms with Crippen LogP contribution in [0.5, 0.6) is 0 Å². The van der Waals surface area contributed by atoms with Gasteiger partial charge in [-0.25, -0.2) is 4.79 Å². The van der Waals surface area contributed by atoms with E-state index in [0.717, 1.165) is 18.5 Å². The number of hydrogen-bond donors (Lipinski definition) is 6. The van der Waals surface area contributed by atoms with Gasteiger partial charge < -0.3 is 31.5 Å². The highest BCUT2D eigenvalue weighted by Crippen LogP contribution is 2.08. The number of carbonyl (C=O) groups excluding carboxylic acids is 3. The van der Waals surface area contributed by atoms with Crippen molar-refractivity contribution in [1.29, 1.82) is 0 Å². The number of nitrogens with one attached hydrogen (secondary N) is 4. The van der Waals surface area contributed by atoms with Gasteiger partial charge in [0.1, 0.15) is 12.1 Å². The highest BCUT2D eigenvalue weighted by atomic mass is 16.4. The molecule has 0 aliphatic carbocycles. The van der Waals surface area contributed by atoms with Crippen LogP contribution in [0.4, 0.5) is 0 Å². The lowest BCUT2D eigenvalue weighted by Crippen LogP contribution is -2.57. The van der Waals surface area contributed by atoms with Gasteiger partial charge in [0, 0.05) is 6.42 Å². The first kappa shape index (κ1) is 24.3. The van der Waals surface area contributed by atoms with Crippen LogP contribution in [-0.4, -0.2) is 70.7 Å². The van der Waals surface area contributed by atoms with Crippen molar-refractivity contribution in [2.75, 3.05) is 6.54 Å². The average molecular weight is 434 g/mol. The Morgan fingerprint density at radius 2 is 1.74 bits per heavy atom. The molecule has 1 aromatic carbocycles. The summed E-state index contributed by atoms with van der Waals surface area (Å²) in [7, 11) is 0. The van der Waals surface area contributed by atoms with Crippen molar-refractivity contribution in [3.63, 3.8) is 0 Å². The minimum Gasteiger partial charge on any atom is -0.480 e. The van der Waals surface area contributed by atoms with Crippen LogP contribution in [0.3, 0.4) is 0 Å². The monoisotopic (exact) mass is 434 g/mol. The van der Waals surface area contributed by atoms with Gasteiger partial charge in [-0.05, 0) is 38.8 Å². The van der Waals surface area contributed by atoms with Crippen LogP contribution in [-0.2, 0) is 25.6 Å². The second kappa shape index (κ2) is 11.4. The molecule has 31 heavy (non-hydrogen) atoms. The number of carbonyl (C=O) groups is 4. The molecule has 0 saturated carbocycles. The molecule has 10 heteroatoms. The highest BCUT2D eigenvalue weighted by Gasteiger charge is 2.31. The third-order valence-electron chi connectivity index (χ3n) is 5.09. The second-order valence-corrected chi connectivity index (χ2v) is 7.70. The zero-order chi connectivity index (χ0) is 23.0. The number of carboxylic acids is 1. The number of aliphatic hydroxyl groups excluding tert-OH is 1. The van der Waals surface area contributed by atoms with E-state index in [9.17, 15) is 24.3 Å². The molecular weight excluding hydrogens is 404 g/mol. The van der Waals surface area contributed by atoms with E-state index < -0.39 is 42.0 Å². The van der Waals surface area contributed by atoms with Crippen molar-refractivity contribution >= 4 is 23.7 Å². The topological polar surface area (TPSA) is 157 Å². The minimum atomic E-state index is -1.50. The Labute approximate surface area is 180 Å². The third kappa shape index (κ3) is 7.34. The van der Waals surface area contributed by atoms with Crippen molar-refractivity contribution in [2.45, 2.75) is 63.4 Å². The van der Waals surface area contributed by atoms with Crippen molar-refractivity contribution in [3.05, 3.63) is 35.9 Å². The summed E-state index contributed by atoms with van der Waals surface area (Å²) in [6.45, 7) is 3.37. The molecule has 6 N–H and O–H groups in total. The van der Waals surface area contributed by atoms with Gasteiger partial charge >= 0.3 is 5.97 Å². The molecule has 1 aromatic rings. The molecule has 5 unspecified atom stereocenters. The van der Waals surface area contributed by atoms with Gasteiger partial charge in [-0.3, -0.25) is 14.4 Å². The fourth-order valence-electron chi connectivity index (χ4n) is 3.29. The zero-order valence-corrected chi connectivity index (χ0v) is 17.6. The molecule has 1 aliphatic heterocycles.